The molecule has 0 fully saturated rings. The molecule has 0 radical (unpaired) electrons. The summed E-state index contributed by atoms with van der Waals surface area (Å²) in [6.07, 6.45) is 0. The van der Waals surface area contributed by atoms with Gasteiger partial charge in [-0.15, -0.1) is 22.7 Å². The van der Waals surface area contributed by atoms with E-state index < -0.39 is 0 Å². The number of benzene rings is 10. The zero-order valence-corrected chi connectivity index (χ0v) is 38.7. The van der Waals surface area contributed by atoms with Gasteiger partial charge in [-0.25, -0.2) is 15.0 Å². The maximum absolute atomic E-state index is 5.44. The van der Waals surface area contributed by atoms with Crippen molar-refractivity contribution in [1.29, 1.82) is 0 Å². The van der Waals surface area contributed by atoms with Gasteiger partial charge in [-0.3, -0.25) is 0 Å². The van der Waals surface area contributed by atoms with Gasteiger partial charge in [0.25, 0.3) is 0 Å². The van der Waals surface area contributed by atoms with Gasteiger partial charge in [0, 0.05) is 78.9 Å². The lowest BCUT2D eigenvalue weighted by atomic mass is 9.92. The Morgan fingerprint density at radius 2 is 0.681 bits per heavy atom. The highest BCUT2D eigenvalue weighted by Crippen LogP contribution is 2.45. The molecule has 322 valence electrons. The topological polar surface area (TPSA) is 43.6 Å². The highest BCUT2D eigenvalue weighted by Gasteiger charge is 2.24. The Balaban J connectivity index is 1.04. The third-order valence-corrected chi connectivity index (χ3v) is 15.7. The minimum Gasteiger partial charge on any atom is -0.308 e. The van der Waals surface area contributed by atoms with Crippen molar-refractivity contribution in [1.82, 2.24) is 19.5 Å². The Morgan fingerprint density at radius 3 is 1.23 bits per heavy atom. The van der Waals surface area contributed by atoms with E-state index in [-0.39, 0.29) is 0 Å². The SMILES string of the molecule is c1ccc(-c2ccc3c(c2)c2ccccc2n3-c2c(-c3ccccc3)cc(-c3nc(-c4ccc5c(c4)sc4ccccc45)nc(-c4ccc5c(c4)sc4ccccc45)n3)cc2-c2ccccc2)cc1. The average Bonchev–Trinajstić information content (AvgIpc) is 4.10. The summed E-state index contributed by atoms with van der Waals surface area (Å²) in [5.74, 6) is 1.88. The van der Waals surface area contributed by atoms with Crippen molar-refractivity contribution in [3.63, 3.8) is 0 Å². The predicted octanol–water partition coefficient (Wildman–Crippen LogP) is 17.7. The molecule has 0 aliphatic rings. The van der Waals surface area contributed by atoms with Crippen molar-refractivity contribution >= 4 is 84.8 Å². The number of fused-ring (bicyclic) bond motifs is 9. The number of aromatic nitrogens is 4. The largest absolute Gasteiger partial charge is 0.308 e. The molecule has 0 atom stereocenters. The molecule has 0 unspecified atom stereocenters. The summed E-state index contributed by atoms with van der Waals surface area (Å²) in [6, 6.07) is 83.0. The monoisotopic (exact) mass is 914 g/mol. The molecule has 14 aromatic rings. The van der Waals surface area contributed by atoms with E-state index in [4.69, 9.17) is 15.0 Å². The van der Waals surface area contributed by atoms with Crippen molar-refractivity contribution in [2.75, 3.05) is 0 Å². The zero-order chi connectivity index (χ0) is 45.4. The second-order valence-electron chi connectivity index (χ2n) is 17.5. The molecule has 69 heavy (non-hydrogen) atoms. The van der Waals surface area contributed by atoms with Crippen LogP contribution in [0.2, 0.25) is 0 Å². The van der Waals surface area contributed by atoms with E-state index in [1.165, 1.54) is 62.2 Å². The average molecular weight is 915 g/mol. The van der Waals surface area contributed by atoms with Crippen LogP contribution < -0.4 is 0 Å². The molecule has 0 saturated carbocycles. The molecular weight excluding hydrogens is 877 g/mol. The zero-order valence-electron chi connectivity index (χ0n) is 37.0. The summed E-state index contributed by atoms with van der Waals surface area (Å²) >= 11 is 3.61. The molecule has 0 spiro atoms. The number of para-hydroxylation sites is 1. The van der Waals surface area contributed by atoms with Crippen LogP contribution in [0, 0.1) is 0 Å². The fourth-order valence-corrected chi connectivity index (χ4v) is 12.5. The fraction of sp³-hybridized carbons (Fsp3) is 0. The highest BCUT2D eigenvalue weighted by atomic mass is 32.1. The van der Waals surface area contributed by atoms with E-state index in [0.29, 0.717) is 17.5 Å². The number of hydrogen-bond acceptors (Lipinski definition) is 5. The number of thiophene rings is 2. The first-order valence-electron chi connectivity index (χ1n) is 23.2. The molecule has 0 amide bonds. The summed E-state index contributed by atoms with van der Waals surface area (Å²) in [5.41, 5.74) is 12.9. The summed E-state index contributed by atoms with van der Waals surface area (Å²) < 4.78 is 7.40. The Labute approximate surface area is 405 Å². The normalized spacial score (nSPS) is 11.8. The summed E-state index contributed by atoms with van der Waals surface area (Å²) in [7, 11) is 0. The third kappa shape index (κ3) is 6.68. The minimum absolute atomic E-state index is 0.610. The van der Waals surface area contributed by atoms with Crippen LogP contribution in [0.4, 0.5) is 0 Å². The molecule has 0 aliphatic carbocycles. The van der Waals surface area contributed by atoms with Gasteiger partial charge in [-0.2, -0.15) is 0 Å². The van der Waals surface area contributed by atoms with E-state index in [2.05, 4.69) is 235 Å². The second kappa shape index (κ2) is 16.1. The Hall–Kier alpha value is -8.55. The second-order valence-corrected chi connectivity index (χ2v) is 19.7. The van der Waals surface area contributed by atoms with E-state index in [1.54, 1.807) is 22.7 Å². The highest BCUT2D eigenvalue weighted by molar-refractivity contribution is 7.26. The van der Waals surface area contributed by atoms with Gasteiger partial charge in [0.1, 0.15) is 0 Å². The van der Waals surface area contributed by atoms with Crippen LogP contribution in [-0.2, 0) is 0 Å². The number of nitrogens with zero attached hydrogens (tertiary/aromatic N) is 4. The third-order valence-electron chi connectivity index (χ3n) is 13.5. The fourth-order valence-electron chi connectivity index (χ4n) is 10.2. The molecule has 0 saturated heterocycles. The standard InChI is InChI=1S/C63H38N4S2/c1-4-16-39(17-5-1)42-30-33-55-53(34-42)46-22-10-13-25-54(46)67(55)60-51(40-18-6-2-7-19-40)35-45(36-52(60)41-20-8-3-9-21-41)63-65-61(43-28-31-49-47-23-11-14-26-56(47)68-58(49)37-43)64-62(66-63)44-29-32-50-48-24-12-15-27-57(48)69-59(50)38-44/h1-38H. The lowest BCUT2D eigenvalue weighted by Gasteiger charge is -2.21. The first-order valence-corrected chi connectivity index (χ1v) is 24.8. The van der Waals surface area contributed by atoms with Crippen LogP contribution in [0.3, 0.4) is 0 Å². The van der Waals surface area contributed by atoms with Crippen LogP contribution in [0.5, 0.6) is 0 Å². The molecule has 4 heterocycles. The van der Waals surface area contributed by atoms with E-state index in [1.807, 2.05) is 0 Å². The summed E-state index contributed by atoms with van der Waals surface area (Å²) in [4.78, 5) is 16.2. The Kier molecular flexibility index (Phi) is 9.22. The summed E-state index contributed by atoms with van der Waals surface area (Å²) in [6.45, 7) is 0. The molecule has 6 heteroatoms. The Morgan fingerprint density at radius 1 is 0.261 bits per heavy atom. The molecule has 14 rings (SSSR count). The lowest BCUT2D eigenvalue weighted by molar-refractivity contribution is 1.07. The Bertz CT molecular complexity index is 4110. The maximum atomic E-state index is 5.44. The van der Waals surface area contributed by atoms with Crippen LogP contribution in [0.25, 0.3) is 135 Å². The van der Waals surface area contributed by atoms with Crippen LogP contribution in [0.15, 0.2) is 231 Å². The van der Waals surface area contributed by atoms with Gasteiger partial charge < -0.3 is 4.57 Å². The number of hydrogen-bond donors (Lipinski definition) is 0. The molecular formula is C63H38N4S2. The van der Waals surface area contributed by atoms with Crippen LogP contribution in [0.1, 0.15) is 0 Å². The maximum Gasteiger partial charge on any atom is 0.164 e. The quantitative estimate of drug-likeness (QED) is 0.160. The molecule has 0 N–H and O–H groups in total. The molecule has 4 aromatic heterocycles. The molecule has 0 aliphatic heterocycles. The van der Waals surface area contributed by atoms with E-state index in [0.717, 1.165) is 55.7 Å². The van der Waals surface area contributed by atoms with Gasteiger partial charge in [-0.1, -0.05) is 176 Å². The van der Waals surface area contributed by atoms with Gasteiger partial charge >= 0.3 is 0 Å². The molecule has 10 aromatic carbocycles. The lowest BCUT2D eigenvalue weighted by Crippen LogP contribution is -2.04. The smallest absolute Gasteiger partial charge is 0.164 e. The first-order chi connectivity index (χ1) is 34.2. The molecule has 4 nitrogen and oxygen atoms in total. The van der Waals surface area contributed by atoms with Crippen LogP contribution in [-0.4, -0.2) is 19.5 Å². The van der Waals surface area contributed by atoms with Crippen molar-refractivity contribution in [2.24, 2.45) is 0 Å². The minimum atomic E-state index is 0.610. The van der Waals surface area contributed by atoms with Crippen molar-refractivity contribution in [3.8, 4) is 73.2 Å². The first kappa shape index (κ1) is 39.6. The van der Waals surface area contributed by atoms with Gasteiger partial charge in [0.05, 0.1) is 16.7 Å². The van der Waals surface area contributed by atoms with E-state index >= 15 is 0 Å². The van der Waals surface area contributed by atoms with Crippen LogP contribution >= 0.6 is 22.7 Å². The van der Waals surface area contributed by atoms with Crippen molar-refractivity contribution in [2.45, 2.75) is 0 Å². The number of rotatable bonds is 7. The van der Waals surface area contributed by atoms with Crippen molar-refractivity contribution in [3.05, 3.63) is 231 Å². The molecule has 0 bridgehead atoms. The van der Waals surface area contributed by atoms with Crippen molar-refractivity contribution < 1.29 is 0 Å². The predicted molar refractivity (Wildman–Crippen MR) is 293 cm³/mol. The van der Waals surface area contributed by atoms with Gasteiger partial charge in [0.2, 0.25) is 0 Å². The summed E-state index contributed by atoms with van der Waals surface area (Å²) in [5, 5.41) is 7.40. The van der Waals surface area contributed by atoms with Gasteiger partial charge in [0.15, 0.2) is 17.5 Å². The van der Waals surface area contributed by atoms with Gasteiger partial charge in [-0.05, 0) is 76.9 Å². The van der Waals surface area contributed by atoms with E-state index in [9.17, 15) is 0 Å².